The number of piperidine rings is 1. The molecule has 0 atom stereocenters. The molecule has 32 heavy (non-hydrogen) atoms. The molecule has 4 rings (SSSR count). The van der Waals surface area contributed by atoms with Crippen molar-refractivity contribution in [1.29, 1.82) is 0 Å². The highest BCUT2D eigenvalue weighted by molar-refractivity contribution is 5.97. The molecule has 7 nitrogen and oxygen atoms in total. The summed E-state index contributed by atoms with van der Waals surface area (Å²) in [6, 6.07) is 13.5. The third-order valence-electron chi connectivity index (χ3n) is 5.68. The maximum absolute atomic E-state index is 13.1. The SMILES string of the molecule is COc1ccccc1C(=O)N1CCC(c2nc(NC(C)C)ncc2-c2ccccn2)CC1. The number of anilines is 1. The van der Waals surface area contributed by atoms with Crippen molar-refractivity contribution >= 4 is 11.9 Å². The van der Waals surface area contributed by atoms with Crippen LogP contribution in [0.25, 0.3) is 11.3 Å². The van der Waals surface area contributed by atoms with Crippen LogP contribution in [0.1, 0.15) is 48.7 Å². The summed E-state index contributed by atoms with van der Waals surface area (Å²) in [5.74, 6) is 1.47. The number of para-hydroxylation sites is 1. The molecular weight excluding hydrogens is 402 g/mol. The number of methoxy groups -OCH3 is 1. The van der Waals surface area contributed by atoms with Crippen molar-refractivity contribution in [2.75, 3.05) is 25.5 Å². The molecular formula is C25H29N5O2. The number of aromatic nitrogens is 3. The van der Waals surface area contributed by atoms with E-state index in [1.807, 2.05) is 53.6 Å². The van der Waals surface area contributed by atoms with Gasteiger partial charge in [0.25, 0.3) is 5.91 Å². The molecule has 166 valence electrons. The van der Waals surface area contributed by atoms with Crippen LogP contribution >= 0.6 is 0 Å². The fourth-order valence-corrected chi connectivity index (χ4v) is 4.10. The van der Waals surface area contributed by atoms with E-state index < -0.39 is 0 Å². The second-order valence-corrected chi connectivity index (χ2v) is 8.27. The summed E-state index contributed by atoms with van der Waals surface area (Å²) >= 11 is 0. The molecule has 7 heteroatoms. The lowest BCUT2D eigenvalue weighted by atomic mass is 9.89. The maximum Gasteiger partial charge on any atom is 0.257 e. The maximum atomic E-state index is 13.1. The molecule has 1 N–H and O–H groups in total. The van der Waals surface area contributed by atoms with Gasteiger partial charge in [0.15, 0.2) is 0 Å². The first-order chi connectivity index (χ1) is 15.6. The van der Waals surface area contributed by atoms with Crippen LogP contribution in [-0.4, -0.2) is 52.0 Å². The Morgan fingerprint density at radius 1 is 1.09 bits per heavy atom. The zero-order valence-corrected chi connectivity index (χ0v) is 18.8. The van der Waals surface area contributed by atoms with Crippen LogP contribution in [-0.2, 0) is 0 Å². The van der Waals surface area contributed by atoms with Crippen molar-refractivity contribution in [2.45, 2.75) is 38.6 Å². The Morgan fingerprint density at radius 3 is 2.53 bits per heavy atom. The Bertz CT molecular complexity index is 1060. The summed E-state index contributed by atoms with van der Waals surface area (Å²) in [5, 5.41) is 3.30. The molecule has 0 spiro atoms. The van der Waals surface area contributed by atoms with Gasteiger partial charge in [-0.2, -0.15) is 0 Å². The fraction of sp³-hybridized carbons (Fsp3) is 0.360. The van der Waals surface area contributed by atoms with Crippen LogP contribution in [0.2, 0.25) is 0 Å². The first kappa shape index (κ1) is 21.7. The molecule has 1 aliphatic heterocycles. The van der Waals surface area contributed by atoms with Gasteiger partial charge in [-0.15, -0.1) is 0 Å². The number of hydrogen-bond donors (Lipinski definition) is 1. The molecule has 0 saturated carbocycles. The largest absolute Gasteiger partial charge is 0.496 e. The highest BCUT2D eigenvalue weighted by Gasteiger charge is 2.29. The summed E-state index contributed by atoms with van der Waals surface area (Å²) in [7, 11) is 1.59. The van der Waals surface area contributed by atoms with E-state index in [0.29, 0.717) is 30.4 Å². The molecule has 1 saturated heterocycles. The number of pyridine rings is 1. The van der Waals surface area contributed by atoms with Crippen molar-refractivity contribution in [2.24, 2.45) is 0 Å². The smallest absolute Gasteiger partial charge is 0.257 e. The van der Waals surface area contributed by atoms with E-state index in [0.717, 1.165) is 29.8 Å². The molecule has 1 amide bonds. The van der Waals surface area contributed by atoms with Crippen molar-refractivity contribution < 1.29 is 9.53 Å². The number of carbonyl (C=O) groups is 1. The molecule has 1 aliphatic rings. The number of carbonyl (C=O) groups excluding carboxylic acids is 1. The normalized spacial score (nSPS) is 14.4. The predicted molar refractivity (Wildman–Crippen MR) is 125 cm³/mol. The minimum atomic E-state index is 0.00991. The first-order valence-electron chi connectivity index (χ1n) is 11.0. The Labute approximate surface area is 188 Å². The third kappa shape index (κ3) is 4.72. The lowest BCUT2D eigenvalue weighted by molar-refractivity contribution is 0.0709. The molecule has 0 aliphatic carbocycles. The van der Waals surface area contributed by atoms with Gasteiger partial charge in [0.2, 0.25) is 5.95 Å². The average Bonchev–Trinajstić information content (AvgIpc) is 2.84. The fourth-order valence-electron chi connectivity index (χ4n) is 4.10. The zero-order chi connectivity index (χ0) is 22.5. The van der Waals surface area contributed by atoms with Crippen LogP contribution in [0.15, 0.2) is 54.9 Å². The Balaban J connectivity index is 1.56. The first-order valence-corrected chi connectivity index (χ1v) is 11.0. The second kappa shape index (κ2) is 9.77. The van der Waals surface area contributed by atoms with Crippen molar-refractivity contribution in [1.82, 2.24) is 19.9 Å². The predicted octanol–water partition coefficient (Wildman–Crippen LogP) is 4.39. The van der Waals surface area contributed by atoms with E-state index in [1.54, 1.807) is 13.3 Å². The van der Waals surface area contributed by atoms with Gasteiger partial charge in [-0.25, -0.2) is 9.97 Å². The summed E-state index contributed by atoms with van der Waals surface area (Å²) in [5.41, 5.74) is 3.42. The number of ether oxygens (including phenoxy) is 1. The van der Waals surface area contributed by atoms with Crippen LogP contribution < -0.4 is 10.1 Å². The number of amides is 1. The van der Waals surface area contributed by atoms with Crippen molar-refractivity contribution in [3.8, 4) is 17.0 Å². The van der Waals surface area contributed by atoms with E-state index >= 15 is 0 Å². The monoisotopic (exact) mass is 431 g/mol. The van der Waals surface area contributed by atoms with Gasteiger partial charge in [0.1, 0.15) is 5.75 Å². The molecule has 0 unspecified atom stereocenters. The number of benzene rings is 1. The number of rotatable bonds is 6. The molecule has 3 aromatic rings. The van der Waals surface area contributed by atoms with Gasteiger partial charge >= 0.3 is 0 Å². The molecule has 2 aromatic heterocycles. The highest BCUT2D eigenvalue weighted by Crippen LogP contribution is 2.34. The van der Waals surface area contributed by atoms with Gasteiger partial charge < -0.3 is 15.0 Å². The van der Waals surface area contributed by atoms with Gasteiger partial charge in [0.05, 0.1) is 24.1 Å². The van der Waals surface area contributed by atoms with Gasteiger partial charge in [0, 0.05) is 43.0 Å². The zero-order valence-electron chi connectivity index (χ0n) is 18.8. The average molecular weight is 432 g/mol. The van der Waals surface area contributed by atoms with Crippen LogP contribution in [0.3, 0.4) is 0 Å². The van der Waals surface area contributed by atoms with E-state index in [-0.39, 0.29) is 17.9 Å². The molecule has 0 bridgehead atoms. The number of likely N-dealkylation sites (tertiary alicyclic amines) is 1. The van der Waals surface area contributed by atoms with E-state index in [1.165, 1.54) is 0 Å². The molecule has 1 aromatic carbocycles. The van der Waals surface area contributed by atoms with Gasteiger partial charge in [-0.05, 0) is 51.0 Å². The molecule has 0 radical (unpaired) electrons. The second-order valence-electron chi connectivity index (χ2n) is 8.27. The summed E-state index contributed by atoms with van der Waals surface area (Å²) in [6.45, 7) is 5.47. The number of hydrogen-bond acceptors (Lipinski definition) is 6. The molecule has 1 fully saturated rings. The summed E-state index contributed by atoms with van der Waals surface area (Å²) in [4.78, 5) is 28.9. The lowest BCUT2D eigenvalue weighted by Gasteiger charge is -2.33. The van der Waals surface area contributed by atoms with Gasteiger partial charge in [-0.3, -0.25) is 9.78 Å². The van der Waals surface area contributed by atoms with Crippen molar-refractivity contribution in [3.05, 3.63) is 66.1 Å². The minimum Gasteiger partial charge on any atom is -0.496 e. The van der Waals surface area contributed by atoms with Gasteiger partial charge in [-0.1, -0.05) is 18.2 Å². The van der Waals surface area contributed by atoms with Crippen LogP contribution in [0.4, 0.5) is 5.95 Å². The van der Waals surface area contributed by atoms with E-state index in [9.17, 15) is 4.79 Å². The highest BCUT2D eigenvalue weighted by atomic mass is 16.5. The minimum absolute atomic E-state index is 0.00991. The molecule has 3 heterocycles. The standard InChI is InChI=1S/C25H29N5O2/c1-17(2)28-25-27-16-20(21-9-6-7-13-26-21)23(29-25)18-11-14-30(15-12-18)24(31)19-8-4-5-10-22(19)32-3/h4-10,13,16-18H,11-12,14-15H2,1-3H3,(H,27,28,29). The van der Waals surface area contributed by atoms with Crippen molar-refractivity contribution in [3.63, 3.8) is 0 Å². The summed E-state index contributed by atoms with van der Waals surface area (Å²) < 4.78 is 5.38. The Morgan fingerprint density at radius 2 is 1.84 bits per heavy atom. The van der Waals surface area contributed by atoms with E-state index in [2.05, 4.69) is 29.1 Å². The van der Waals surface area contributed by atoms with E-state index in [4.69, 9.17) is 9.72 Å². The number of nitrogens with one attached hydrogen (secondary N) is 1. The quantitative estimate of drug-likeness (QED) is 0.624. The summed E-state index contributed by atoms with van der Waals surface area (Å²) in [6.07, 6.45) is 5.31. The Hall–Kier alpha value is -3.48. The lowest BCUT2D eigenvalue weighted by Crippen LogP contribution is -2.38. The third-order valence-corrected chi connectivity index (χ3v) is 5.68. The Kier molecular flexibility index (Phi) is 6.63. The van der Waals surface area contributed by atoms with Crippen LogP contribution in [0, 0.1) is 0 Å². The topological polar surface area (TPSA) is 80.2 Å². The van der Waals surface area contributed by atoms with Crippen LogP contribution in [0.5, 0.6) is 5.75 Å². The number of nitrogens with zero attached hydrogens (tertiary/aromatic N) is 4.